The molecule has 4 N–H and O–H groups in total. The van der Waals surface area contributed by atoms with Crippen molar-refractivity contribution in [2.75, 3.05) is 37.6 Å². The first kappa shape index (κ1) is 25.6. The summed E-state index contributed by atoms with van der Waals surface area (Å²) in [6.45, 7) is 1.15. The van der Waals surface area contributed by atoms with Crippen molar-refractivity contribution in [3.63, 3.8) is 0 Å². The quantitative estimate of drug-likeness (QED) is 0.470. The molecule has 0 radical (unpaired) electrons. The predicted octanol–water partition coefficient (Wildman–Crippen LogP) is 3.56. The zero-order valence-corrected chi connectivity index (χ0v) is 18.9. The van der Waals surface area contributed by atoms with Crippen molar-refractivity contribution in [3.8, 4) is 0 Å². The van der Waals surface area contributed by atoms with Gasteiger partial charge in [-0.05, 0) is 42.8 Å². The van der Waals surface area contributed by atoms with E-state index in [2.05, 4.69) is 0 Å². The smallest absolute Gasteiger partial charge is 0.399 e. The van der Waals surface area contributed by atoms with E-state index < -0.39 is 58.8 Å². The van der Waals surface area contributed by atoms with E-state index in [1.807, 2.05) is 0 Å². The molecule has 2 heterocycles. The van der Waals surface area contributed by atoms with Crippen LogP contribution >= 0.6 is 0 Å². The maximum absolute atomic E-state index is 13.5. The van der Waals surface area contributed by atoms with Gasteiger partial charge in [0.15, 0.2) is 0 Å². The second-order valence-electron chi connectivity index (χ2n) is 8.86. The third-order valence-corrected chi connectivity index (χ3v) is 6.17. The van der Waals surface area contributed by atoms with E-state index >= 15 is 0 Å². The molecule has 2 aromatic rings. The van der Waals surface area contributed by atoms with Gasteiger partial charge in [0.05, 0.1) is 28.9 Å². The summed E-state index contributed by atoms with van der Waals surface area (Å²) in [5, 5.41) is 0. The number of aryl methyl sites for hydroxylation is 1. The highest BCUT2D eigenvalue weighted by Gasteiger charge is 2.42. The van der Waals surface area contributed by atoms with Crippen molar-refractivity contribution >= 4 is 23.2 Å². The molecule has 2 aliphatic rings. The van der Waals surface area contributed by atoms with Gasteiger partial charge in [0.1, 0.15) is 0 Å². The molecular weight excluding hydrogens is 494 g/mol. The number of halogens is 6. The SMILES string of the molecule is Cc1cc(N)c(C(F)(F)F)cc1C(=O)N1C[C@@H]2CN(C(=O)c3ccc(N)cc3C(F)(F)F)C[C@H](C1)O2. The van der Waals surface area contributed by atoms with Crippen LogP contribution in [0.3, 0.4) is 0 Å². The second kappa shape index (κ2) is 8.87. The third kappa shape index (κ3) is 4.92. The average Bonchev–Trinajstić information content (AvgIpc) is 2.76. The Morgan fingerprint density at radius 1 is 0.806 bits per heavy atom. The lowest BCUT2D eigenvalue weighted by atomic mass is 9.99. The molecule has 7 nitrogen and oxygen atoms in total. The topological polar surface area (TPSA) is 102 Å². The number of anilines is 2. The molecule has 0 aromatic heterocycles. The van der Waals surface area contributed by atoms with Gasteiger partial charge < -0.3 is 26.0 Å². The first-order valence-electron chi connectivity index (χ1n) is 10.8. The summed E-state index contributed by atoms with van der Waals surface area (Å²) >= 11 is 0. The number of amides is 2. The lowest BCUT2D eigenvalue weighted by Gasteiger charge is -2.46. The lowest BCUT2D eigenvalue weighted by Crippen LogP contribution is -2.61. The molecule has 0 unspecified atom stereocenters. The number of morpholine rings is 2. The number of benzene rings is 2. The van der Waals surface area contributed by atoms with Gasteiger partial charge in [-0.1, -0.05) is 0 Å². The molecule has 0 spiro atoms. The Labute approximate surface area is 201 Å². The minimum Gasteiger partial charge on any atom is -0.399 e. The summed E-state index contributed by atoms with van der Waals surface area (Å²) in [4.78, 5) is 28.6. The minimum atomic E-state index is -4.79. The van der Waals surface area contributed by atoms with Crippen LogP contribution < -0.4 is 11.5 Å². The maximum Gasteiger partial charge on any atom is 0.418 e. The predicted molar refractivity (Wildman–Crippen MR) is 117 cm³/mol. The normalized spacial score (nSPS) is 20.4. The van der Waals surface area contributed by atoms with Crippen molar-refractivity contribution in [2.45, 2.75) is 31.5 Å². The number of nitrogens with zero attached hydrogens (tertiary/aromatic N) is 2. The van der Waals surface area contributed by atoms with Crippen molar-refractivity contribution in [1.29, 1.82) is 0 Å². The van der Waals surface area contributed by atoms with Crippen LogP contribution in [0.1, 0.15) is 37.4 Å². The third-order valence-electron chi connectivity index (χ3n) is 6.17. The number of ether oxygens (including phenoxy) is 1. The molecular formula is C23H22F6N4O3. The highest BCUT2D eigenvalue weighted by molar-refractivity contribution is 5.97. The molecule has 2 aromatic carbocycles. The maximum atomic E-state index is 13.5. The fraction of sp³-hybridized carbons (Fsp3) is 0.391. The Bertz CT molecular complexity index is 1200. The van der Waals surface area contributed by atoms with E-state index in [-0.39, 0.29) is 43.0 Å². The number of fused-ring (bicyclic) bond motifs is 2. The lowest BCUT2D eigenvalue weighted by molar-refractivity contribution is -0.138. The van der Waals surface area contributed by atoms with E-state index in [1.165, 1.54) is 22.8 Å². The Morgan fingerprint density at radius 3 is 1.81 bits per heavy atom. The molecule has 0 saturated carbocycles. The van der Waals surface area contributed by atoms with Crippen LogP contribution in [0.25, 0.3) is 0 Å². The molecule has 2 amide bonds. The molecule has 2 atom stereocenters. The monoisotopic (exact) mass is 516 g/mol. The molecule has 0 aliphatic carbocycles. The van der Waals surface area contributed by atoms with Crippen LogP contribution in [0.2, 0.25) is 0 Å². The van der Waals surface area contributed by atoms with Crippen molar-refractivity contribution in [2.24, 2.45) is 0 Å². The Morgan fingerprint density at radius 2 is 1.31 bits per heavy atom. The summed E-state index contributed by atoms with van der Waals surface area (Å²) in [6.07, 6.45) is -11.0. The number of alkyl halides is 6. The Balaban J connectivity index is 1.53. The summed E-state index contributed by atoms with van der Waals surface area (Å²) in [7, 11) is 0. The van der Waals surface area contributed by atoms with E-state index in [0.717, 1.165) is 12.1 Å². The van der Waals surface area contributed by atoms with E-state index in [9.17, 15) is 35.9 Å². The van der Waals surface area contributed by atoms with E-state index in [0.29, 0.717) is 12.1 Å². The molecule has 194 valence electrons. The number of nitrogen functional groups attached to an aromatic ring is 2. The van der Waals surface area contributed by atoms with Gasteiger partial charge in [-0.2, -0.15) is 26.3 Å². The highest BCUT2D eigenvalue weighted by Crippen LogP contribution is 2.36. The Kier molecular flexibility index (Phi) is 6.31. The molecule has 36 heavy (non-hydrogen) atoms. The van der Waals surface area contributed by atoms with Crippen LogP contribution in [-0.2, 0) is 17.1 Å². The molecule has 13 heteroatoms. The number of hydrogen-bond acceptors (Lipinski definition) is 5. The standard InChI is InChI=1S/C23H22F6N4O3/c1-11-4-19(31)18(23(27,28)29)6-16(11)21(35)33-9-13-7-32(8-14(10-33)36-13)20(34)15-3-2-12(30)5-17(15)22(24,25)26/h2-6,13-14H,7-10,30-31H2,1H3/t13-,14+. The van der Waals surface area contributed by atoms with Crippen molar-refractivity contribution in [3.05, 3.63) is 58.1 Å². The molecule has 4 rings (SSSR count). The summed E-state index contributed by atoms with van der Waals surface area (Å²) in [5.41, 5.74) is 7.60. The zero-order valence-electron chi connectivity index (χ0n) is 18.9. The number of carbonyl (C=O) groups is 2. The minimum absolute atomic E-state index is 0.0574. The average molecular weight is 516 g/mol. The van der Waals surface area contributed by atoms with E-state index in [1.54, 1.807) is 0 Å². The van der Waals surface area contributed by atoms with Gasteiger partial charge in [0.2, 0.25) is 0 Å². The summed E-state index contributed by atoms with van der Waals surface area (Å²) in [5.74, 6) is -1.52. The van der Waals surface area contributed by atoms with Gasteiger partial charge in [0.25, 0.3) is 11.8 Å². The van der Waals surface area contributed by atoms with Crippen LogP contribution in [0.5, 0.6) is 0 Å². The molecule has 2 bridgehead atoms. The van der Waals surface area contributed by atoms with Gasteiger partial charge in [-0.3, -0.25) is 9.59 Å². The first-order valence-corrected chi connectivity index (χ1v) is 10.8. The van der Waals surface area contributed by atoms with Crippen LogP contribution in [0, 0.1) is 6.92 Å². The molecule has 2 saturated heterocycles. The van der Waals surface area contributed by atoms with Crippen molar-refractivity contribution < 1.29 is 40.7 Å². The van der Waals surface area contributed by atoms with Gasteiger partial charge in [0, 0.05) is 43.1 Å². The van der Waals surface area contributed by atoms with Gasteiger partial charge in [-0.15, -0.1) is 0 Å². The highest BCUT2D eigenvalue weighted by atomic mass is 19.4. The van der Waals surface area contributed by atoms with Crippen molar-refractivity contribution in [1.82, 2.24) is 9.80 Å². The number of carbonyl (C=O) groups excluding carboxylic acids is 2. The zero-order chi connectivity index (χ0) is 26.6. The molecule has 2 aliphatic heterocycles. The first-order chi connectivity index (χ1) is 16.6. The summed E-state index contributed by atoms with van der Waals surface area (Å²) < 4.78 is 86.1. The Hall–Kier alpha value is -3.48. The van der Waals surface area contributed by atoms with Gasteiger partial charge >= 0.3 is 12.4 Å². The number of rotatable bonds is 2. The van der Waals surface area contributed by atoms with Crippen LogP contribution in [-0.4, -0.2) is 60.0 Å². The second-order valence-corrected chi connectivity index (χ2v) is 8.86. The van der Waals surface area contributed by atoms with Gasteiger partial charge in [-0.25, -0.2) is 0 Å². The fourth-order valence-corrected chi connectivity index (χ4v) is 4.55. The van der Waals surface area contributed by atoms with E-state index in [4.69, 9.17) is 16.2 Å². The fourth-order valence-electron chi connectivity index (χ4n) is 4.55. The molecule has 2 fully saturated rings. The van der Waals surface area contributed by atoms with Crippen LogP contribution in [0.15, 0.2) is 30.3 Å². The number of hydrogen-bond donors (Lipinski definition) is 2. The number of nitrogens with two attached hydrogens (primary N) is 2. The van der Waals surface area contributed by atoms with Crippen LogP contribution in [0.4, 0.5) is 37.7 Å². The largest absolute Gasteiger partial charge is 0.418 e. The summed E-state index contributed by atoms with van der Waals surface area (Å²) in [6, 6.07) is 4.72.